The van der Waals surface area contributed by atoms with Crippen LogP contribution in [-0.2, 0) is 0 Å². The average molecular weight is 745 g/mol. The van der Waals surface area contributed by atoms with E-state index in [1.54, 1.807) is 0 Å². The topological polar surface area (TPSA) is 8.17 Å². The molecule has 10 aromatic rings. The lowest BCUT2D eigenvalue weighted by atomic mass is 9.86. The molecule has 1 aliphatic carbocycles. The fourth-order valence-corrected chi connectivity index (χ4v) is 10.8. The van der Waals surface area contributed by atoms with Crippen LogP contribution in [0.3, 0.4) is 0 Å². The smallest absolute Gasteiger partial charge is 0.0630 e. The van der Waals surface area contributed by atoms with Crippen molar-refractivity contribution in [3.8, 4) is 27.9 Å². The third-order valence-electron chi connectivity index (χ3n) is 12.1. The van der Waals surface area contributed by atoms with Crippen LogP contribution >= 0.6 is 11.3 Å². The minimum atomic E-state index is 0.181. The Balaban J connectivity index is 0.944. The average Bonchev–Trinajstić information content (AvgIpc) is 3.94. The zero-order valence-electron chi connectivity index (χ0n) is 31.1. The van der Waals surface area contributed by atoms with Gasteiger partial charge in [0.05, 0.1) is 27.5 Å². The maximum absolute atomic E-state index is 2.60. The summed E-state index contributed by atoms with van der Waals surface area (Å²) in [6.07, 6.45) is 7.33. The van der Waals surface area contributed by atoms with Gasteiger partial charge in [0.15, 0.2) is 0 Å². The Kier molecular flexibility index (Phi) is 7.26. The highest BCUT2D eigenvalue weighted by atomic mass is 32.1. The Bertz CT molecular complexity index is 3240. The van der Waals surface area contributed by atoms with Crippen LogP contribution in [0.5, 0.6) is 0 Å². The maximum atomic E-state index is 2.60. The fourth-order valence-electron chi connectivity index (χ4n) is 9.57. The van der Waals surface area contributed by atoms with Gasteiger partial charge in [-0.05, 0) is 87.5 Å². The predicted molar refractivity (Wildman–Crippen MR) is 243 cm³/mol. The molecule has 0 bridgehead atoms. The maximum Gasteiger partial charge on any atom is 0.0630 e. The summed E-state index contributed by atoms with van der Waals surface area (Å²) in [5.41, 5.74) is 15.1. The van der Waals surface area contributed by atoms with Gasteiger partial charge >= 0.3 is 0 Å². The van der Waals surface area contributed by atoms with Crippen LogP contribution in [-0.4, -0.2) is 10.6 Å². The quantitative estimate of drug-likeness (QED) is 0.170. The van der Waals surface area contributed by atoms with Crippen molar-refractivity contribution in [2.24, 2.45) is 0 Å². The number of benzene rings is 8. The molecule has 268 valence electrons. The Morgan fingerprint density at radius 1 is 0.474 bits per heavy atom. The van der Waals surface area contributed by atoms with E-state index in [1.165, 1.54) is 98.0 Å². The second-order valence-corrected chi connectivity index (χ2v) is 16.3. The molecule has 3 heteroatoms. The third kappa shape index (κ3) is 5.02. The minimum absolute atomic E-state index is 0.181. The normalized spacial score (nSPS) is 16.1. The highest BCUT2D eigenvalue weighted by Gasteiger charge is 2.39. The second-order valence-electron chi connectivity index (χ2n) is 15.2. The second kappa shape index (κ2) is 12.8. The standard InChI is InChI=1S/C54H36N2S/c1-3-13-35(14-4-1)36-25-29-40(30-26-36)55-47-21-9-7-17-42(47)45-33-38(27-31-49(45)55)39-28-32-50-46(34-39)43-18-8-10-22-48(43)56(50)51-23-11-20-44-53-41(37-15-5-2-6-16-37)19-12-24-52(53)57-54(44)51/h1-34,46,50H. The zero-order valence-corrected chi connectivity index (χ0v) is 31.9. The van der Waals surface area contributed by atoms with Gasteiger partial charge < -0.3 is 9.47 Å². The van der Waals surface area contributed by atoms with Gasteiger partial charge in [0, 0.05) is 43.5 Å². The van der Waals surface area contributed by atoms with Crippen LogP contribution in [0, 0.1) is 0 Å². The molecular weight excluding hydrogens is 709 g/mol. The molecule has 8 aromatic carbocycles. The van der Waals surface area contributed by atoms with Crippen molar-refractivity contribution in [2.75, 3.05) is 4.90 Å². The van der Waals surface area contributed by atoms with Crippen LogP contribution in [0.4, 0.5) is 11.4 Å². The lowest BCUT2D eigenvalue weighted by molar-refractivity contribution is 0.749. The Hall–Kier alpha value is -6.94. The minimum Gasteiger partial charge on any atom is -0.332 e. The van der Waals surface area contributed by atoms with Gasteiger partial charge in [-0.25, -0.2) is 0 Å². The third-order valence-corrected chi connectivity index (χ3v) is 13.3. The van der Waals surface area contributed by atoms with Crippen molar-refractivity contribution in [1.82, 2.24) is 4.57 Å². The van der Waals surface area contributed by atoms with Crippen molar-refractivity contribution in [1.29, 1.82) is 0 Å². The molecule has 2 nitrogen and oxygen atoms in total. The molecule has 0 spiro atoms. The number of hydrogen-bond donors (Lipinski definition) is 0. The first-order chi connectivity index (χ1) is 28.3. The number of rotatable bonds is 5. The molecule has 2 unspecified atom stereocenters. The first-order valence-corrected chi connectivity index (χ1v) is 20.6. The summed E-state index contributed by atoms with van der Waals surface area (Å²) in [6.45, 7) is 0. The Morgan fingerprint density at radius 3 is 2.00 bits per heavy atom. The lowest BCUT2D eigenvalue weighted by Gasteiger charge is -2.30. The highest BCUT2D eigenvalue weighted by Crippen LogP contribution is 2.53. The van der Waals surface area contributed by atoms with E-state index in [0.29, 0.717) is 0 Å². The van der Waals surface area contributed by atoms with Crippen molar-refractivity contribution < 1.29 is 0 Å². The summed E-state index contributed by atoms with van der Waals surface area (Å²) in [7, 11) is 0. The molecule has 2 aromatic heterocycles. The predicted octanol–water partition coefficient (Wildman–Crippen LogP) is 14.7. The molecule has 1 aliphatic heterocycles. The van der Waals surface area contributed by atoms with Crippen LogP contribution in [0.15, 0.2) is 206 Å². The molecule has 2 atom stereocenters. The monoisotopic (exact) mass is 744 g/mol. The van der Waals surface area contributed by atoms with Crippen molar-refractivity contribution in [2.45, 2.75) is 12.0 Å². The molecule has 57 heavy (non-hydrogen) atoms. The molecule has 2 aliphatic rings. The van der Waals surface area contributed by atoms with Crippen LogP contribution in [0.2, 0.25) is 0 Å². The van der Waals surface area contributed by atoms with E-state index in [4.69, 9.17) is 0 Å². The Morgan fingerprint density at radius 2 is 1.14 bits per heavy atom. The number of aromatic nitrogens is 1. The number of hydrogen-bond acceptors (Lipinski definition) is 2. The van der Waals surface area contributed by atoms with Gasteiger partial charge in [-0.15, -0.1) is 11.3 Å². The van der Waals surface area contributed by atoms with Crippen LogP contribution in [0.1, 0.15) is 17.0 Å². The first kappa shape index (κ1) is 32.3. The van der Waals surface area contributed by atoms with E-state index in [1.807, 2.05) is 11.3 Å². The van der Waals surface area contributed by atoms with Gasteiger partial charge in [0.1, 0.15) is 0 Å². The molecule has 0 fully saturated rings. The summed E-state index contributed by atoms with van der Waals surface area (Å²) in [5, 5.41) is 5.20. The van der Waals surface area contributed by atoms with Crippen molar-refractivity contribution >= 4 is 70.3 Å². The molecule has 12 rings (SSSR count). The van der Waals surface area contributed by atoms with E-state index >= 15 is 0 Å². The fraction of sp³-hybridized carbons (Fsp3) is 0.0370. The van der Waals surface area contributed by atoms with Crippen molar-refractivity contribution in [3.63, 3.8) is 0 Å². The molecule has 0 amide bonds. The van der Waals surface area contributed by atoms with Gasteiger partial charge in [-0.1, -0.05) is 158 Å². The molecule has 3 heterocycles. The number of nitrogens with zero attached hydrogens (tertiary/aromatic N) is 2. The zero-order chi connectivity index (χ0) is 37.5. The van der Waals surface area contributed by atoms with E-state index in [0.717, 1.165) is 0 Å². The molecular formula is C54H36N2S. The first-order valence-electron chi connectivity index (χ1n) is 19.8. The molecule has 0 saturated carbocycles. The van der Waals surface area contributed by atoms with E-state index in [9.17, 15) is 0 Å². The van der Waals surface area contributed by atoms with Gasteiger partial charge in [-0.3, -0.25) is 0 Å². The number of allylic oxidation sites excluding steroid dienone is 2. The summed E-state index contributed by atoms with van der Waals surface area (Å²) >= 11 is 1.91. The highest BCUT2D eigenvalue weighted by molar-refractivity contribution is 7.26. The largest absolute Gasteiger partial charge is 0.332 e. The molecule has 0 saturated heterocycles. The van der Waals surface area contributed by atoms with Gasteiger partial charge in [0.2, 0.25) is 0 Å². The van der Waals surface area contributed by atoms with E-state index < -0.39 is 0 Å². The summed E-state index contributed by atoms with van der Waals surface area (Å²) in [6, 6.07) is 69.1. The van der Waals surface area contributed by atoms with Gasteiger partial charge in [0.25, 0.3) is 0 Å². The van der Waals surface area contributed by atoms with Crippen LogP contribution < -0.4 is 4.90 Å². The molecule has 0 radical (unpaired) electrons. The van der Waals surface area contributed by atoms with E-state index in [2.05, 4.69) is 216 Å². The van der Waals surface area contributed by atoms with Gasteiger partial charge in [-0.2, -0.15) is 0 Å². The SMILES string of the molecule is C1=CC2C(C=C1c1ccc3c(c1)c1ccccc1n3-c1ccc(-c3ccccc3)cc1)c1ccccc1N2c1cccc2c1sc1cccc(-c3ccccc3)c12. The number of anilines is 2. The summed E-state index contributed by atoms with van der Waals surface area (Å²) < 4.78 is 5.07. The summed E-state index contributed by atoms with van der Waals surface area (Å²) in [4.78, 5) is 2.60. The van der Waals surface area contributed by atoms with E-state index in [-0.39, 0.29) is 12.0 Å². The van der Waals surface area contributed by atoms with Crippen LogP contribution in [0.25, 0.3) is 75.5 Å². The molecule has 0 N–H and O–H groups in total. The summed E-state index contributed by atoms with van der Waals surface area (Å²) in [5.74, 6) is 0.228. The number of fused-ring (bicyclic) bond motifs is 9. The lowest BCUT2D eigenvalue weighted by Crippen LogP contribution is -2.29. The number of thiophene rings is 1. The number of para-hydroxylation sites is 2. The Labute approximate surface area is 335 Å². The van der Waals surface area contributed by atoms with Crippen molar-refractivity contribution in [3.05, 3.63) is 217 Å².